The smallest absolute Gasteiger partial charge is 0.349 e. The minimum Gasteiger partial charge on any atom is -0.349 e. The summed E-state index contributed by atoms with van der Waals surface area (Å²) in [6.07, 6.45) is -16.2. The van der Waals surface area contributed by atoms with E-state index >= 15 is 0 Å². The van der Waals surface area contributed by atoms with Gasteiger partial charge >= 0.3 is 18.5 Å². The summed E-state index contributed by atoms with van der Waals surface area (Å²) in [5.74, 6) is -1.87. The predicted octanol–water partition coefficient (Wildman–Crippen LogP) is 7.39. The van der Waals surface area contributed by atoms with Crippen LogP contribution in [0.25, 0.3) is 5.57 Å². The van der Waals surface area contributed by atoms with Gasteiger partial charge in [-0.15, -0.1) is 0 Å². The van der Waals surface area contributed by atoms with Crippen LogP contribution in [0.5, 0.6) is 0 Å². The molecule has 0 heterocycles. The fraction of sp³-hybridized carbons (Fsp3) is 0.333. The third-order valence-electron chi connectivity index (χ3n) is 5.06. The van der Waals surface area contributed by atoms with Gasteiger partial charge in [-0.05, 0) is 42.3 Å². The van der Waals surface area contributed by atoms with Gasteiger partial charge in [0.2, 0.25) is 5.91 Å². The number of ketones is 1. The van der Waals surface area contributed by atoms with Crippen molar-refractivity contribution in [2.24, 2.45) is 5.92 Å². The van der Waals surface area contributed by atoms with E-state index in [1.54, 1.807) is 20.8 Å². The van der Waals surface area contributed by atoms with Crippen molar-refractivity contribution >= 4 is 17.3 Å². The van der Waals surface area contributed by atoms with E-state index in [0.29, 0.717) is 5.56 Å². The summed E-state index contributed by atoms with van der Waals surface area (Å²) in [7, 11) is 0. The first-order valence-corrected chi connectivity index (χ1v) is 10.3. The molecule has 1 atom stereocenters. The Morgan fingerprint density at radius 1 is 0.750 bits per heavy atom. The van der Waals surface area contributed by atoms with Crippen LogP contribution in [-0.2, 0) is 17.1 Å². The molecule has 0 aromatic heterocycles. The summed E-state index contributed by atoms with van der Waals surface area (Å²) in [6.45, 7) is 4.96. The van der Waals surface area contributed by atoms with E-state index in [1.807, 2.05) is 0 Å². The number of hydrogen-bond acceptors (Lipinski definition) is 2. The topological polar surface area (TPSA) is 46.2 Å². The van der Waals surface area contributed by atoms with Crippen molar-refractivity contribution in [1.82, 2.24) is 5.32 Å². The highest BCUT2D eigenvalue weighted by atomic mass is 19.4. The SMILES string of the molecule is CC(C)C(=O)N[C@@H](C)c1ccc(C(=O)C=C(c2cc(C(F)(F)F)cc(C(F)(F)F)c2)C(F)(F)F)cc1. The van der Waals surface area contributed by atoms with Crippen LogP contribution >= 0.6 is 0 Å². The van der Waals surface area contributed by atoms with Gasteiger partial charge in [0, 0.05) is 11.5 Å². The predicted molar refractivity (Wildman–Crippen MR) is 113 cm³/mol. The zero-order valence-corrected chi connectivity index (χ0v) is 19.0. The molecule has 0 aliphatic carbocycles. The Morgan fingerprint density at radius 2 is 1.22 bits per heavy atom. The van der Waals surface area contributed by atoms with E-state index in [0.717, 1.165) is 12.1 Å². The zero-order valence-electron chi connectivity index (χ0n) is 19.0. The average molecular weight is 525 g/mol. The van der Waals surface area contributed by atoms with Crippen LogP contribution in [0, 0.1) is 5.92 Å². The molecule has 0 radical (unpaired) electrons. The Balaban J connectivity index is 2.50. The van der Waals surface area contributed by atoms with Crippen LogP contribution in [-0.4, -0.2) is 17.9 Å². The van der Waals surface area contributed by atoms with Gasteiger partial charge < -0.3 is 5.32 Å². The molecule has 0 saturated carbocycles. The maximum atomic E-state index is 13.7. The fourth-order valence-electron chi connectivity index (χ4n) is 3.05. The van der Waals surface area contributed by atoms with Crippen molar-refractivity contribution in [3.8, 4) is 0 Å². The van der Waals surface area contributed by atoms with Crippen LogP contribution < -0.4 is 5.32 Å². The van der Waals surface area contributed by atoms with Crippen LogP contribution in [0.4, 0.5) is 39.5 Å². The monoisotopic (exact) mass is 525 g/mol. The molecule has 0 unspecified atom stereocenters. The molecule has 196 valence electrons. The molecule has 1 amide bonds. The van der Waals surface area contributed by atoms with E-state index in [4.69, 9.17) is 0 Å². The molecule has 36 heavy (non-hydrogen) atoms. The fourth-order valence-corrected chi connectivity index (χ4v) is 3.05. The number of nitrogens with one attached hydrogen (secondary N) is 1. The minimum atomic E-state index is -5.45. The van der Waals surface area contributed by atoms with Crippen molar-refractivity contribution in [2.45, 2.75) is 45.3 Å². The molecule has 0 fully saturated rings. The number of allylic oxidation sites excluding steroid dienone is 2. The Kier molecular flexibility index (Phi) is 8.32. The first-order valence-electron chi connectivity index (χ1n) is 10.3. The highest BCUT2D eigenvalue weighted by molar-refractivity contribution is 6.09. The number of halogens is 9. The van der Waals surface area contributed by atoms with Gasteiger partial charge in [0.25, 0.3) is 0 Å². The summed E-state index contributed by atoms with van der Waals surface area (Å²) in [5, 5.41) is 2.68. The van der Waals surface area contributed by atoms with E-state index in [1.165, 1.54) is 12.1 Å². The lowest BCUT2D eigenvalue weighted by Gasteiger charge is -2.18. The lowest BCUT2D eigenvalue weighted by molar-refractivity contribution is -0.143. The first-order chi connectivity index (χ1) is 16.3. The highest BCUT2D eigenvalue weighted by Crippen LogP contribution is 2.41. The molecule has 2 aromatic carbocycles. The molecular formula is C24H20F9NO2. The van der Waals surface area contributed by atoms with Gasteiger partial charge in [-0.1, -0.05) is 38.1 Å². The minimum absolute atomic E-state index is 0.0470. The molecule has 2 rings (SSSR count). The summed E-state index contributed by atoms with van der Waals surface area (Å²) in [4.78, 5) is 24.3. The van der Waals surface area contributed by atoms with Crippen molar-refractivity contribution in [2.75, 3.05) is 0 Å². The molecule has 0 saturated heterocycles. The molecule has 3 nitrogen and oxygen atoms in total. The maximum Gasteiger partial charge on any atom is 0.417 e. The van der Waals surface area contributed by atoms with Crippen LogP contribution in [0.2, 0.25) is 0 Å². The molecule has 0 spiro atoms. The van der Waals surface area contributed by atoms with Gasteiger partial charge in [-0.25, -0.2) is 0 Å². The molecule has 0 aliphatic heterocycles. The number of amides is 1. The lowest BCUT2D eigenvalue weighted by atomic mass is 9.96. The number of alkyl halides is 9. The van der Waals surface area contributed by atoms with Crippen LogP contribution in [0.15, 0.2) is 48.5 Å². The van der Waals surface area contributed by atoms with E-state index in [9.17, 15) is 49.1 Å². The molecule has 2 aromatic rings. The molecule has 0 aliphatic rings. The normalized spacial score (nSPS) is 14.1. The Hall–Kier alpha value is -3.31. The van der Waals surface area contributed by atoms with Crippen molar-refractivity contribution in [3.63, 3.8) is 0 Å². The highest BCUT2D eigenvalue weighted by Gasteiger charge is 2.41. The number of carbonyl (C=O) groups is 2. The van der Waals surface area contributed by atoms with Gasteiger partial charge in [0.15, 0.2) is 5.78 Å². The van der Waals surface area contributed by atoms with E-state index in [2.05, 4.69) is 5.32 Å². The number of rotatable bonds is 6. The number of benzene rings is 2. The first kappa shape index (κ1) is 28.9. The van der Waals surface area contributed by atoms with Crippen molar-refractivity contribution in [3.05, 3.63) is 76.4 Å². The van der Waals surface area contributed by atoms with Gasteiger partial charge in [-0.2, -0.15) is 39.5 Å². The van der Waals surface area contributed by atoms with Gasteiger partial charge in [-0.3, -0.25) is 9.59 Å². The second-order valence-corrected chi connectivity index (χ2v) is 8.22. The summed E-state index contributed by atoms with van der Waals surface area (Å²) < 4.78 is 120. The number of hydrogen-bond donors (Lipinski definition) is 1. The largest absolute Gasteiger partial charge is 0.417 e. The Morgan fingerprint density at radius 3 is 1.61 bits per heavy atom. The van der Waals surface area contributed by atoms with Crippen molar-refractivity contribution in [1.29, 1.82) is 0 Å². The second kappa shape index (κ2) is 10.4. The lowest BCUT2D eigenvalue weighted by Crippen LogP contribution is -2.30. The summed E-state index contributed by atoms with van der Waals surface area (Å²) >= 11 is 0. The number of carbonyl (C=O) groups excluding carboxylic acids is 2. The molecule has 12 heteroatoms. The quantitative estimate of drug-likeness (QED) is 0.243. The van der Waals surface area contributed by atoms with E-state index in [-0.39, 0.29) is 41.7 Å². The molecule has 1 N–H and O–H groups in total. The third kappa shape index (κ3) is 7.34. The van der Waals surface area contributed by atoms with E-state index < -0.39 is 52.6 Å². The standard InChI is InChI=1S/C24H20F9NO2/c1-12(2)21(36)34-13(3)14-4-6-15(7-5-14)20(35)11-19(24(31,32)33)16-8-17(22(25,26)27)10-18(9-16)23(28,29)30/h4-13H,1-3H3,(H,34,36)/t13-/m0/s1. The van der Waals surface area contributed by atoms with Crippen LogP contribution in [0.1, 0.15) is 59.4 Å². The van der Waals surface area contributed by atoms with Gasteiger partial charge in [0.05, 0.1) is 22.7 Å². The average Bonchev–Trinajstić information content (AvgIpc) is 2.74. The second-order valence-electron chi connectivity index (χ2n) is 8.22. The Labute approximate surface area is 200 Å². The Bertz CT molecular complexity index is 1110. The summed E-state index contributed by atoms with van der Waals surface area (Å²) in [5.41, 5.74) is -7.11. The van der Waals surface area contributed by atoms with Crippen molar-refractivity contribution < 1.29 is 49.1 Å². The molecular weight excluding hydrogens is 505 g/mol. The van der Waals surface area contributed by atoms with Crippen LogP contribution in [0.3, 0.4) is 0 Å². The maximum absolute atomic E-state index is 13.7. The summed E-state index contributed by atoms with van der Waals surface area (Å²) in [6, 6.07) is 3.97. The third-order valence-corrected chi connectivity index (χ3v) is 5.06. The molecule has 0 bridgehead atoms. The van der Waals surface area contributed by atoms with Gasteiger partial charge in [0.1, 0.15) is 0 Å². The zero-order chi connectivity index (χ0) is 27.6.